The zero-order chi connectivity index (χ0) is 18.2. The van der Waals surface area contributed by atoms with E-state index in [0.29, 0.717) is 6.42 Å². The Kier molecular flexibility index (Phi) is 4.78. The summed E-state index contributed by atoms with van der Waals surface area (Å²) in [7, 11) is 1.89. The van der Waals surface area contributed by atoms with E-state index in [-0.39, 0.29) is 23.0 Å². The van der Waals surface area contributed by atoms with Crippen LogP contribution in [-0.2, 0) is 23.1 Å². The summed E-state index contributed by atoms with van der Waals surface area (Å²) in [6, 6.07) is 3.87. The number of hydrogen-bond donors (Lipinski definition) is 0. The predicted octanol–water partition coefficient (Wildman–Crippen LogP) is 3.31. The maximum atomic E-state index is 12.5. The van der Waals surface area contributed by atoms with Crippen LogP contribution >= 0.6 is 11.6 Å². The number of anilines is 1. The highest BCUT2D eigenvalue weighted by Gasteiger charge is 2.36. The summed E-state index contributed by atoms with van der Waals surface area (Å²) in [5.41, 5.74) is 3.98. The Morgan fingerprint density at radius 2 is 2.08 bits per heavy atom. The number of likely N-dealkylation sites (N-methyl/N-ethyl adjacent to an activating group) is 1. The third kappa shape index (κ3) is 3.82. The van der Waals surface area contributed by atoms with Crippen LogP contribution in [-0.4, -0.2) is 34.3 Å². The number of ketones is 1. The number of nitrogens with zero attached hydrogens (tertiary/aromatic N) is 4. The van der Waals surface area contributed by atoms with Crippen LogP contribution in [0.15, 0.2) is 18.3 Å². The minimum absolute atomic E-state index is 0.00651. The number of Topliss-reactive ketones (excluding diaryl/α,β-unsaturated/α-hetero) is 1. The van der Waals surface area contributed by atoms with Gasteiger partial charge >= 0.3 is 0 Å². The molecule has 0 fully saturated rings. The van der Waals surface area contributed by atoms with Crippen molar-refractivity contribution < 1.29 is 4.79 Å². The van der Waals surface area contributed by atoms with Gasteiger partial charge in [-0.05, 0) is 48.4 Å². The average molecular weight is 359 g/mol. The fourth-order valence-corrected chi connectivity index (χ4v) is 3.58. The lowest BCUT2D eigenvalue weighted by molar-refractivity contribution is -0.117. The lowest BCUT2D eigenvalue weighted by Gasteiger charge is -2.26. The number of aryl methyl sites for hydroxylation is 2. The summed E-state index contributed by atoms with van der Waals surface area (Å²) in [6.45, 7) is 6.59. The lowest BCUT2D eigenvalue weighted by atomic mass is 9.87. The molecular formula is C19H23ClN4O. The molecule has 0 atom stereocenters. The maximum absolute atomic E-state index is 12.5. The summed E-state index contributed by atoms with van der Waals surface area (Å²) >= 11 is 6.10. The molecule has 2 aromatic heterocycles. The zero-order valence-electron chi connectivity index (χ0n) is 15.1. The maximum Gasteiger partial charge on any atom is 0.224 e. The molecule has 25 heavy (non-hydrogen) atoms. The van der Waals surface area contributed by atoms with Crippen molar-refractivity contribution in [1.82, 2.24) is 15.0 Å². The van der Waals surface area contributed by atoms with Gasteiger partial charge in [0.15, 0.2) is 5.78 Å². The number of hydrogen-bond acceptors (Lipinski definition) is 5. The van der Waals surface area contributed by atoms with E-state index < -0.39 is 0 Å². The van der Waals surface area contributed by atoms with Crippen LogP contribution in [0.4, 0.5) is 5.82 Å². The van der Waals surface area contributed by atoms with Crippen LogP contribution in [0.1, 0.15) is 42.8 Å². The summed E-state index contributed by atoms with van der Waals surface area (Å²) in [4.78, 5) is 27.4. The molecule has 0 saturated carbocycles. The molecular weight excluding hydrogens is 336 g/mol. The van der Waals surface area contributed by atoms with Crippen molar-refractivity contribution in [2.45, 2.75) is 45.4 Å². The normalized spacial score (nSPS) is 15.1. The Bertz CT molecular complexity index is 802. The average Bonchev–Trinajstić information content (AvgIpc) is 2.84. The Balaban J connectivity index is 1.79. The van der Waals surface area contributed by atoms with Crippen LogP contribution in [0.3, 0.4) is 0 Å². The molecule has 0 aliphatic heterocycles. The number of aromatic nitrogens is 3. The molecule has 2 heterocycles. The van der Waals surface area contributed by atoms with E-state index >= 15 is 0 Å². The molecule has 3 rings (SSSR count). The lowest BCUT2D eigenvalue weighted by Crippen LogP contribution is -2.30. The molecule has 0 aromatic carbocycles. The van der Waals surface area contributed by atoms with Gasteiger partial charge in [-0.15, -0.1) is 0 Å². The second-order valence-corrected chi connectivity index (χ2v) is 7.74. The number of carbonyl (C=O) groups is 1. The van der Waals surface area contributed by atoms with Gasteiger partial charge in [-0.2, -0.15) is 0 Å². The van der Waals surface area contributed by atoms with E-state index in [1.54, 1.807) is 6.20 Å². The minimum atomic E-state index is -0.00651. The molecule has 5 nitrogen and oxygen atoms in total. The van der Waals surface area contributed by atoms with Gasteiger partial charge in [0.1, 0.15) is 5.82 Å². The number of carbonyl (C=O) groups excluding carboxylic acids is 1. The largest absolute Gasteiger partial charge is 0.352 e. The zero-order valence-corrected chi connectivity index (χ0v) is 15.9. The van der Waals surface area contributed by atoms with Gasteiger partial charge in [-0.1, -0.05) is 19.9 Å². The van der Waals surface area contributed by atoms with Crippen molar-refractivity contribution in [3.8, 4) is 0 Å². The molecule has 1 aliphatic rings. The van der Waals surface area contributed by atoms with Crippen LogP contribution in [0, 0.1) is 6.92 Å². The molecule has 132 valence electrons. The first kappa shape index (κ1) is 17.8. The first-order chi connectivity index (χ1) is 11.8. The topological polar surface area (TPSA) is 59.0 Å². The van der Waals surface area contributed by atoms with Crippen LogP contribution < -0.4 is 4.90 Å². The minimum Gasteiger partial charge on any atom is -0.352 e. The summed E-state index contributed by atoms with van der Waals surface area (Å²) in [5.74, 6) is 0.889. The Labute approximate surface area is 153 Å². The second kappa shape index (κ2) is 6.71. The molecule has 0 bridgehead atoms. The number of fused-ring (bicyclic) bond motifs is 1. The van der Waals surface area contributed by atoms with E-state index in [1.165, 1.54) is 0 Å². The van der Waals surface area contributed by atoms with Crippen molar-refractivity contribution in [3.63, 3.8) is 0 Å². The number of rotatable bonds is 5. The van der Waals surface area contributed by atoms with Gasteiger partial charge < -0.3 is 4.90 Å². The molecule has 0 radical (unpaired) electrons. The van der Waals surface area contributed by atoms with Crippen LogP contribution in [0.2, 0.25) is 5.28 Å². The molecule has 0 N–H and O–H groups in total. The number of pyridine rings is 1. The first-order valence-electron chi connectivity index (χ1n) is 8.47. The van der Waals surface area contributed by atoms with E-state index in [4.69, 9.17) is 11.6 Å². The predicted molar refractivity (Wildman–Crippen MR) is 99.3 cm³/mol. The third-order valence-corrected chi connectivity index (χ3v) is 4.92. The summed E-state index contributed by atoms with van der Waals surface area (Å²) in [6.07, 6.45) is 4.03. The van der Waals surface area contributed by atoms with Gasteiger partial charge in [0.2, 0.25) is 5.28 Å². The van der Waals surface area contributed by atoms with Crippen LogP contribution in [0.25, 0.3) is 0 Å². The van der Waals surface area contributed by atoms with Gasteiger partial charge in [0, 0.05) is 30.9 Å². The molecule has 0 amide bonds. The van der Waals surface area contributed by atoms with Crippen molar-refractivity contribution in [1.29, 1.82) is 0 Å². The van der Waals surface area contributed by atoms with Crippen molar-refractivity contribution >= 4 is 23.2 Å². The molecule has 1 aliphatic carbocycles. The smallest absolute Gasteiger partial charge is 0.224 e. The molecule has 0 saturated heterocycles. The Hall–Kier alpha value is -2.01. The van der Waals surface area contributed by atoms with Crippen molar-refractivity contribution in [3.05, 3.63) is 46.1 Å². The SMILES string of the molecule is Cc1ccc(CC(=O)CN(C)c2nc(Cl)nc3c2C(C)(C)CC3)cn1. The van der Waals surface area contributed by atoms with Gasteiger partial charge in [0.05, 0.1) is 12.2 Å². The Morgan fingerprint density at radius 1 is 1.32 bits per heavy atom. The van der Waals surface area contributed by atoms with E-state index in [0.717, 1.165) is 41.2 Å². The first-order valence-corrected chi connectivity index (χ1v) is 8.85. The fraction of sp³-hybridized carbons (Fsp3) is 0.474. The van der Waals surface area contributed by atoms with E-state index in [2.05, 4.69) is 28.8 Å². The second-order valence-electron chi connectivity index (χ2n) is 7.40. The Morgan fingerprint density at radius 3 is 2.76 bits per heavy atom. The summed E-state index contributed by atoms with van der Waals surface area (Å²) < 4.78 is 0. The van der Waals surface area contributed by atoms with Crippen LogP contribution in [0.5, 0.6) is 0 Å². The van der Waals surface area contributed by atoms with Gasteiger partial charge in [-0.25, -0.2) is 9.97 Å². The molecule has 0 spiro atoms. The highest BCUT2D eigenvalue weighted by Crippen LogP contribution is 2.42. The molecule has 0 unspecified atom stereocenters. The molecule has 2 aromatic rings. The third-order valence-electron chi connectivity index (χ3n) is 4.75. The highest BCUT2D eigenvalue weighted by atomic mass is 35.5. The van der Waals surface area contributed by atoms with Crippen molar-refractivity contribution in [2.75, 3.05) is 18.5 Å². The van der Waals surface area contributed by atoms with Gasteiger partial charge in [0.25, 0.3) is 0 Å². The monoisotopic (exact) mass is 358 g/mol. The summed E-state index contributed by atoms with van der Waals surface area (Å²) in [5, 5.41) is 0.244. The van der Waals surface area contributed by atoms with E-state index in [1.807, 2.05) is 31.0 Å². The standard InChI is InChI=1S/C19H23ClN4O/c1-12-5-6-13(10-21-12)9-14(25)11-24(4)17-16-15(22-18(20)23-17)7-8-19(16,2)3/h5-6,10H,7-9,11H2,1-4H3. The molecule has 6 heteroatoms. The van der Waals surface area contributed by atoms with Gasteiger partial charge in [-0.3, -0.25) is 9.78 Å². The highest BCUT2D eigenvalue weighted by molar-refractivity contribution is 6.28. The fourth-order valence-electron chi connectivity index (χ4n) is 3.40. The van der Waals surface area contributed by atoms with Crippen molar-refractivity contribution in [2.24, 2.45) is 0 Å². The number of halogens is 1. The quantitative estimate of drug-likeness (QED) is 0.767. The van der Waals surface area contributed by atoms with E-state index in [9.17, 15) is 4.79 Å².